The Morgan fingerprint density at radius 1 is 1.47 bits per heavy atom. The number of hydrogen-bond donors (Lipinski definition) is 1. The molecule has 0 radical (unpaired) electrons. The van der Waals surface area contributed by atoms with Gasteiger partial charge >= 0.3 is 6.09 Å². The molecule has 0 aliphatic rings. The van der Waals surface area contributed by atoms with Crippen molar-refractivity contribution in [2.45, 2.75) is 19.8 Å². The van der Waals surface area contributed by atoms with E-state index in [9.17, 15) is 4.79 Å². The van der Waals surface area contributed by atoms with E-state index in [2.05, 4.69) is 21.2 Å². The lowest BCUT2D eigenvalue weighted by Crippen LogP contribution is -2.14. The molecule has 1 aromatic rings. The quantitative estimate of drug-likeness (QED) is 0.841. The summed E-state index contributed by atoms with van der Waals surface area (Å²) < 4.78 is 11.0. The monoisotopic (exact) mass is 301 g/mol. The van der Waals surface area contributed by atoms with Crippen LogP contribution in [-0.2, 0) is 4.74 Å². The van der Waals surface area contributed by atoms with Crippen LogP contribution < -0.4 is 10.1 Å². The number of benzene rings is 1. The predicted octanol–water partition coefficient (Wildman–Crippen LogP) is 3.81. The summed E-state index contributed by atoms with van der Waals surface area (Å²) in [7, 11) is 1.55. The highest BCUT2D eigenvalue weighted by Gasteiger charge is 2.08. The number of carbonyl (C=O) groups excluding carboxylic acids is 1. The number of methoxy groups -OCH3 is 1. The Bertz CT molecular complexity index is 382. The Hall–Kier alpha value is -1.23. The van der Waals surface area contributed by atoms with Crippen molar-refractivity contribution in [1.29, 1.82) is 0 Å². The second-order valence-electron chi connectivity index (χ2n) is 3.46. The van der Waals surface area contributed by atoms with Crippen molar-refractivity contribution < 1.29 is 14.3 Å². The minimum absolute atomic E-state index is 0.432. The molecular weight excluding hydrogens is 286 g/mol. The highest BCUT2D eigenvalue weighted by atomic mass is 79.9. The van der Waals surface area contributed by atoms with Crippen LogP contribution in [0.4, 0.5) is 10.5 Å². The third-order valence-corrected chi connectivity index (χ3v) is 2.62. The highest BCUT2D eigenvalue weighted by molar-refractivity contribution is 9.10. The van der Waals surface area contributed by atoms with Crippen molar-refractivity contribution in [1.82, 2.24) is 0 Å². The van der Waals surface area contributed by atoms with Crippen LogP contribution in [0.3, 0.4) is 0 Å². The molecular formula is C12H16BrNO3. The van der Waals surface area contributed by atoms with Crippen molar-refractivity contribution in [2.24, 2.45) is 0 Å². The molecule has 0 aromatic heterocycles. The number of rotatable bonds is 5. The van der Waals surface area contributed by atoms with Crippen LogP contribution >= 0.6 is 15.9 Å². The fourth-order valence-corrected chi connectivity index (χ4v) is 1.56. The van der Waals surface area contributed by atoms with E-state index in [-0.39, 0.29) is 0 Å². The lowest BCUT2D eigenvalue weighted by atomic mass is 10.3. The average Bonchev–Trinajstić information content (AvgIpc) is 2.32. The first-order valence-electron chi connectivity index (χ1n) is 5.44. The largest absolute Gasteiger partial charge is 0.495 e. The van der Waals surface area contributed by atoms with Crippen molar-refractivity contribution in [3.63, 3.8) is 0 Å². The van der Waals surface area contributed by atoms with Gasteiger partial charge in [0.25, 0.3) is 0 Å². The third-order valence-electron chi connectivity index (χ3n) is 2.13. The predicted molar refractivity (Wildman–Crippen MR) is 70.6 cm³/mol. The summed E-state index contributed by atoms with van der Waals surface area (Å²) in [5.41, 5.74) is 0.595. The normalized spacial score (nSPS) is 9.82. The zero-order chi connectivity index (χ0) is 12.7. The van der Waals surface area contributed by atoms with E-state index < -0.39 is 6.09 Å². The lowest BCUT2D eigenvalue weighted by molar-refractivity contribution is 0.160. The molecule has 0 bridgehead atoms. The fourth-order valence-electron chi connectivity index (χ4n) is 1.22. The summed E-state index contributed by atoms with van der Waals surface area (Å²) in [6.07, 6.45) is 1.40. The Kier molecular flexibility index (Phi) is 5.83. The summed E-state index contributed by atoms with van der Waals surface area (Å²) in [5.74, 6) is 0.590. The topological polar surface area (TPSA) is 47.6 Å². The number of amides is 1. The average molecular weight is 302 g/mol. The van der Waals surface area contributed by atoms with Crippen LogP contribution in [-0.4, -0.2) is 19.8 Å². The van der Waals surface area contributed by atoms with Gasteiger partial charge in [-0.1, -0.05) is 29.3 Å². The molecule has 0 saturated heterocycles. The Labute approximate surface area is 109 Å². The zero-order valence-electron chi connectivity index (χ0n) is 9.96. The van der Waals surface area contributed by atoms with Crippen molar-refractivity contribution in [3.05, 3.63) is 22.7 Å². The molecule has 1 aromatic carbocycles. The minimum atomic E-state index is -0.459. The van der Waals surface area contributed by atoms with E-state index in [1.165, 1.54) is 0 Å². The van der Waals surface area contributed by atoms with Gasteiger partial charge in [-0.15, -0.1) is 0 Å². The smallest absolute Gasteiger partial charge is 0.411 e. The van der Waals surface area contributed by atoms with Crippen molar-refractivity contribution in [2.75, 3.05) is 19.0 Å². The lowest BCUT2D eigenvalue weighted by Gasteiger charge is -2.10. The second kappa shape index (κ2) is 7.17. The number of anilines is 1. The van der Waals surface area contributed by atoms with Gasteiger partial charge in [-0.05, 0) is 24.6 Å². The molecule has 0 aliphatic carbocycles. The zero-order valence-corrected chi connectivity index (χ0v) is 11.5. The molecule has 17 heavy (non-hydrogen) atoms. The first kappa shape index (κ1) is 13.8. The summed E-state index contributed by atoms with van der Waals surface area (Å²) in [4.78, 5) is 11.4. The molecule has 1 N–H and O–H groups in total. The first-order chi connectivity index (χ1) is 8.17. The number of unbranched alkanes of at least 4 members (excludes halogenated alkanes) is 1. The van der Waals surface area contributed by atoms with Crippen molar-refractivity contribution >= 4 is 27.7 Å². The maximum Gasteiger partial charge on any atom is 0.411 e. The van der Waals surface area contributed by atoms with E-state index in [1.54, 1.807) is 19.2 Å². The van der Waals surface area contributed by atoms with Gasteiger partial charge in [0.15, 0.2) is 0 Å². The van der Waals surface area contributed by atoms with Gasteiger partial charge in [0, 0.05) is 4.47 Å². The van der Waals surface area contributed by atoms with Crippen LogP contribution in [0.25, 0.3) is 0 Å². The van der Waals surface area contributed by atoms with Gasteiger partial charge in [0.1, 0.15) is 5.75 Å². The second-order valence-corrected chi connectivity index (χ2v) is 4.37. The Morgan fingerprint density at radius 2 is 2.24 bits per heavy atom. The molecule has 1 rings (SSSR count). The Morgan fingerprint density at radius 3 is 2.88 bits per heavy atom. The van der Waals surface area contributed by atoms with Crippen LogP contribution in [0.5, 0.6) is 5.75 Å². The van der Waals surface area contributed by atoms with Gasteiger partial charge in [-0.2, -0.15) is 0 Å². The third kappa shape index (κ3) is 4.65. The maximum absolute atomic E-state index is 11.4. The number of nitrogens with one attached hydrogen (secondary N) is 1. The Balaban J connectivity index is 2.58. The van der Waals surface area contributed by atoms with Gasteiger partial charge in [0.05, 0.1) is 19.4 Å². The van der Waals surface area contributed by atoms with E-state index in [1.807, 2.05) is 13.0 Å². The molecule has 0 heterocycles. The molecule has 0 aliphatic heterocycles. The van der Waals surface area contributed by atoms with E-state index >= 15 is 0 Å². The van der Waals surface area contributed by atoms with E-state index in [0.29, 0.717) is 18.0 Å². The number of hydrogen-bond acceptors (Lipinski definition) is 3. The SMILES string of the molecule is CCCCOC(=O)Nc1ccc(Br)cc1OC. The summed E-state index contributed by atoms with van der Waals surface area (Å²) in [6, 6.07) is 5.36. The van der Waals surface area contributed by atoms with Gasteiger partial charge in [0.2, 0.25) is 0 Å². The van der Waals surface area contributed by atoms with Gasteiger partial charge in [-0.25, -0.2) is 4.79 Å². The molecule has 0 unspecified atom stereocenters. The van der Waals surface area contributed by atoms with Crippen LogP contribution in [0.15, 0.2) is 22.7 Å². The molecule has 0 fully saturated rings. The molecule has 1 amide bonds. The number of halogens is 1. The van der Waals surface area contributed by atoms with Gasteiger partial charge < -0.3 is 9.47 Å². The maximum atomic E-state index is 11.4. The van der Waals surface area contributed by atoms with Crippen LogP contribution in [0.2, 0.25) is 0 Å². The standard InChI is InChI=1S/C12H16BrNO3/c1-3-4-7-17-12(15)14-10-6-5-9(13)8-11(10)16-2/h5-6,8H,3-4,7H2,1-2H3,(H,14,15). The molecule has 4 nitrogen and oxygen atoms in total. The number of carbonyl (C=O) groups is 1. The van der Waals surface area contributed by atoms with E-state index in [4.69, 9.17) is 9.47 Å². The fraction of sp³-hybridized carbons (Fsp3) is 0.417. The number of ether oxygens (including phenoxy) is 2. The van der Waals surface area contributed by atoms with Gasteiger partial charge in [-0.3, -0.25) is 5.32 Å². The summed E-state index contributed by atoms with van der Waals surface area (Å²) in [5, 5.41) is 2.64. The molecule has 0 atom stereocenters. The first-order valence-corrected chi connectivity index (χ1v) is 6.24. The van der Waals surface area contributed by atoms with Crippen molar-refractivity contribution in [3.8, 4) is 5.75 Å². The molecule has 0 spiro atoms. The molecule has 5 heteroatoms. The molecule has 0 saturated carbocycles. The van der Waals surface area contributed by atoms with E-state index in [0.717, 1.165) is 17.3 Å². The summed E-state index contributed by atoms with van der Waals surface area (Å²) in [6.45, 7) is 2.47. The molecule has 94 valence electrons. The van der Waals surface area contributed by atoms with Crippen LogP contribution in [0, 0.1) is 0 Å². The minimum Gasteiger partial charge on any atom is -0.495 e. The van der Waals surface area contributed by atoms with Crippen LogP contribution in [0.1, 0.15) is 19.8 Å². The highest BCUT2D eigenvalue weighted by Crippen LogP contribution is 2.27. The summed E-state index contributed by atoms with van der Waals surface area (Å²) >= 11 is 3.33.